The third-order valence-electron chi connectivity index (χ3n) is 3.59. The highest BCUT2D eigenvalue weighted by Crippen LogP contribution is 2.33. The fourth-order valence-corrected chi connectivity index (χ4v) is 3.08. The minimum absolute atomic E-state index is 0.0853. The van der Waals surface area contributed by atoms with Gasteiger partial charge in [0.05, 0.1) is 11.3 Å². The Bertz CT molecular complexity index is 517. The zero-order chi connectivity index (χ0) is 16.3. The summed E-state index contributed by atoms with van der Waals surface area (Å²) in [4.78, 5) is 5.02. The quantitative estimate of drug-likeness (QED) is 0.572. The van der Waals surface area contributed by atoms with Gasteiger partial charge in [0.2, 0.25) is 0 Å². The van der Waals surface area contributed by atoms with Gasteiger partial charge in [-0.1, -0.05) is 45.9 Å². The predicted octanol–water partition coefficient (Wildman–Crippen LogP) is 6.23. The lowest BCUT2D eigenvalue weighted by Gasteiger charge is -2.32. The van der Waals surface area contributed by atoms with Gasteiger partial charge < -0.3 is 0 Å². The molecule has 0 bridgehead atoms. The maximum absolute atomic E-state index is 6.17. The molecule has 0 aliphatic carbocycles. The summed E-state index contributed by atoms with van der Waals surface area (Å²) < 4.78 is 0. The van der Waals surface area contributed by atoms with Crippen LogP contribution in [0.3, 0.4) is 0 Å². The van der Waals surface area contributed by atoms with E-state index in [0.717, 1.165) is 34.7 Å². The van der Waals surface area contributed by atoms with Gasteiger partial charge in [-0.3, -0.25) is 4.99 Å². The van der Waals surface area contributed by atoms with Crippen molar-refractivity contribution in [1.82, 2.24) is 0 Å². The molecule has 2 heteroatoms. The Morgan fingerprint density at radius 2 is 1.86 bits per heavy atom. The highest BCUT2D eigenvalue weighted by molar-refractivity contribution is 6.31. The molecular weight excluding hydrogens is 278 g/mol. The van der Waals surface area contributed by atoms with Crippen molar-refractivity contribution >= 4 is 17.3 Å². The molecule has 1 atom stereocenters. The van der Waals surface area contributed by atoms with Crippen molar-refractivity contribution in [3.8, 4) is 0 Å². The van der Waals surface area contributed by atoms with Crippen molar-refractivity contribution in [2.75, 3.05) is 0 Å². The summed E-state index contributed by atoms with van der Waals surface area (Å²) in [5, 5.41) is 0.744. The Kier molecular flexibility index (Phi) is 5.81. The summed E-state index contributed by atoms with van der Waals surface area (Å²) in [6, 6.07) is 6.03. The minimum Gasteiger partial charge on any atom is -0.278 e. The molecule has 0 heterocycles. The summed E-state index contributed by atoms with van der Waals surface area (Å²) in [7, 11) is 0. The Balaban J connectivity index is 3.25. The van der Waals surface area contributed by atoms with Crippen LogP contribution < -0.4 is 0 Å². The molecule has 1 aromatic rings. The first kappa shape index (κ1) is 18.0. The molecule has 1 nitrogen and oxygen atoms in total. The third kappa shape index (κ3) is 5.67. The van der Waals surface area contributed by atoms with Crippen LogP contribution >= 0.6 is 11.6 Å². The third-order valence-corrected chi connectivity index (χ3v) is 3.81. The van der Waals surface area contributed by atoms with E-state index >= 15 is 0 Å². The van der Waals surface area contributed by atoms with E-state index in [1.807, 2.05) is 25.1 Å². The zero-order valence-corrected chi connectivity index (χ0v) is 15.0. The van der Waals surface area contributed by atoms with E-state index in [1.54, 1.807) is 0 Å². The standard InChI is InChI=1S/C19H28ClN/c1-8-17(15-10-14(3)11-16(20)12-15)21-19(7,9-2)13-18(4,5)6/h8,10-12H,1,9,13H2,2-7H3. The van der Waals surface area contributed by atoms with Crippen LogP contribution in [-0.2, 0) is 0 Å². The normalized spacial score (nSPS) is 15.7. The van der Waals surface area contributed by atoms with E-state index in [4.69, 9.17) is 16.6 Å². The molecule has 21 heavy (non-hydrogen) atoms. The molecule has 0 radical (unpaired) electrons. The highest BCUT2D eigenvalue weighted by Gasteiger charge is 2.28. The lowest BCUT2D eigenvalue weighted by atomic mass is 9.79. The molecule has 0 amide bonds. The molecule has 0 spiro atoms. The summed E-state index contributed by atoms with van der Waals surface area (Å²) in [5.74, 6) is 0. The molecule has 0 aliphatic rings. The number of aryl methyl sites for hydroxylation is 1. The number of benzene rings is 1. The summed E-state index contributed by atoms with van der Waals surface area (Å²) >= 11 is 6.17. The van der Waals surface area contributed by atoms with Crippen LogP contribution in [0.25, 0.3) is 0 Å². The Morgan fingerprint density at radius 3 is 2.29 bits per heavy atom. The molecule has 0 saturated heterocycles. The van der Waals surface area contributed by atoms with Gasteiger partial charge in [0, 0.05) is 10.6 Å². The number of allylic oxidation sites excluding steroid dienone is 1. The van der Waals surface area contributed by atoms with E-state index in [-0.39, 0.29) is 11.0 Å². The van der Waals surface area contributed by atoms with Crippen LogP contribution in [0.1, 0.15) is 58.6 Å². The largest absolute Gasteiger partial charge is 0.278 e. The number of hydrogen-bond donors (Lipinski definition) is 0. The summed E-state index contributed by atoms with van der Waals surface area (Å²) in [5.41, 5.74) is 3.27. The summed E-state index contributed by atoms with van der Waals surface area (Å²) in [6.45, 7) is 17.2. The minimum atomic E-state index is -0.0853. The average molecular weight is 306 g/mol. The lowest BCUT2D eigenvalue weighted by Crippen LogP contribution is -2.29. The van der Waals surface area contributed by atoms with Gasteiger partial charge in [0.25, 0.3) is 0 Å². The first-order valence-electron chi connectivity index (χ1n) is 7.58. The van der Waals surface area contributed by atoms with E-state index in [9.17, 15) is 0 Å². The van der Waals surface area contributed by atoms with E-state index in [1.165, 1.54) is 0 Å². The first-order valence-corrected chi connectivity index (χ1v) is 7.96. The van der Waals surface area contributed by atoms with Crippen molar-refractivity contribution in [1.29, 1.82) is 0 Å². The molecule has 1 rings (SSSR count). The second kappa shape index (κ2) is 6.79. The van der Waals surface area contributed by atoms with Crippen molar-refractivity contribution < 1.29 is 0 Å². The first-order chi connectivity index (χ1) is 9.58. The van der Waals surface area contributed by atoms with Gasteiger partial charge in [-0.2, -0.15) is 0 Å². The molecule has 0 N–H and O–H groups in total. The van der Waals surface area contributed by atoms with E-state index in [0.29, 0.717) is 0 Å². The van der Waals surface area contributed by atoms with E-state index in [2.05, 4.69) is 47.3 Å². The number of aliphatic imine (C=N–C) groups is 1. The van der Waals surface area contributed by atoms with Crippen LogP contribution in [0.5, 0.6) is 0 Å². The maximum atomic E-state index is 6.17. The van der Waals surface area contributed by atoms with Gasteiger partial charge in [0.1, 0.15) is 0 Å². The van der Waals surface area contributed by atoms with Crippen molar-refractivity contribution in [2.45, 2.75) is 59.9 Å². The molecule has 0 saturated carbocycles. The fraction of sp³-hybridized carbons (Fsp3) is 0.526. The molecule has 0 aliphatic heterocycles. The van der Waals surface area contributed by atoms with Gasteiger partial charge >= 0.3 is 0 Å². The number of halogens is 1. The molecular formula is C19H28ClN. The smallest absolute Gasteiger partial charge is 0.0648 e. The lowest BCUT2D eigenvalue weighted by molar-refractivity contribution is 0.267. The van der Waals surface area contributed by atoms with Crippen LogP contribution in [0.2, 0.25) is 5.02 Å². The predicted molar refractivity (Wildman–Crippen MR) is 95.7 cm³/mol. The van der Waals surface area contributed by atoms with Crippen LogP contribution in [-0.4, -0.2) is 11.3 Å². The second-order valence-electron chi connectivity index (χ2n) is 7.31. The van der Waals surface area contributed by atoms with E-state index < -0.39 is 0 Å². The van der Waals surface area contributed by atoms with Gasteiger partial charge in [-0.25, -0.2) is 0 Å². The fourth-order valence-electron chi connectivity index (χ4n) is 2.79. The monoisotopic (exact) mass is 305 g/mol. The van der Waals surface area contributed by atoms with Crippen LogP contribution in [0, 0.1) is 12.3 Å². The number of hydrogen-bond acceptors (Lipinski definition) is 1. The molecule has 0 aromatic heterocycles. The van der Waals surface area contributed by atoms with Crippen LogP contribution in [0.15, 0.2) is 35.8 Å². The van der Waals surface area contributed by atoms with Gasteiger partial charge in [-0.05, 0) is 61.9 Å². The SMILES string of the molecule is C=CC(=NC(C)(CC)CC(C)(C)C)c1cc(C)cc(Cl)c1. The highest BCUT2D eigenvalue weighted by atomic mass is 35.5. The Hall–Kier alpha value is -1.08. The topological polar surface area (TPSA) is 12.4 Å². The van der Waals surface area contributed by atoms with Gasteiger partial charge in [0.15, 0.2) is 0 Å². The number of nitrogens with zero attached hydrogens (tertiary/aromatic N) is 1. The average Bonchev–Trinajstić information content (AvgIpc) is 2.32. The zero-order valence-electron chi connectivity index (χ0n) is 14.3. The molecule has 116 valence electrons. The Labute approximate surface area is 135 Å². The maximum Gasteiger partial charge on any atom is 0.0648 e. The second-order valence-corrected chi connectivity index (χ2v) is 7.74. The van der Waals surface area contributed by atoms with Crippen LogP contribution in [0.4, 0.5) is 0 Å². The molecule has 0 fully saturated rings. The molecule has 1 aromatic carbocycles. The Morgan fingerprint density at radius 1 is 1.24 bits per heavy atom. The molecule has 1 unspecified atom stereocenters. The van der Waals surface area contributed by atoms with Gasteiger partial charge in [-0.15, -0.1) is 0 Å². The van der Waals surface area contributed by atoms with Crippen molar-refractivity contribution in [3.05, 3.63) is 47.0 Å². The van der Waals surface area contributed by atoms with Crippen molar-refractivity contribution in [2.24, 2.45) is 10.4 Å². The summed E-state index contributed by atoms with van der Waals surface area (Å²) in [6.07, 6.45) is 3.87. The van der Waals surface area contributed by atoms with Crippen molar-refractivity contribution in [3.63, 3.8) is 0 Å². The number of rotatable bonds is 5.